The molecule has 1 unspecified atom stereocenters. The maximum Gasteiger partial charge on any atom is 0.251 e. The van der Waals surface area contributed by atoms with E-state index in [1.54, 1.807) is 6.07 Å². The van der Waals surface area contributed by atoms with Crippen LogP contribution in [0.1, 0.15) is 36.2 Å². The zero-order valence-electron chi connectivity index (χ0n) is 11.2. The van der Waals surface area contributed by atoms with Gasteiger partial charge in [0.05, 0.1) is 0 Å². The summed E-state index contributed by atoms with van der Waals surface area (Å²) in [6, 6.07) is 5.33. The van der Waals surface area contributed by atoms with Gasteiger partial charge in [-0.1, -0.05) is 25.4 Å². The summed E-state index contributed by atoms with van der Waals surface area (Å²) in [6.45, 7) is 6.58. The Morgan fingerprint density at radius 3 is 2.56 bits per heavy atom. The van der Waals surface area contributed by atoms with Gasteiger partial charge in [0, 0.05) is 23.2 Å². The van der Waals surface area contributed by atoms with Gasteiger partial charge in [-0.05, 0) is 43.0 Å². The molecule has 0 spiro atoms. The standard InChI is InChI=1S/C14H21ClN2O/c1-9(2)4-13(8-16)17-14(18)11-5-10(3)6-12(15)7-11/h5-7,9,13H,4,8,16H2,1-3H3,(H,17,18). The Bertz CT molecular complexity index is 398. The van der Waals surface area contributed by atoms with Crippen molar-refractivity contribution in [2.75, 3.05) is 6.54 Å². The topological polar surface area (TPSA) is 55.1 Å². The molecule has 0 saturated heterocycles. The smallest absolute Gasteiger partial charge is 0.251 e. The molecule has 0 aromatic heterocycles. The van der Waals surface area contributed by atoms with Gasteiger partial charge in [-0.25, -0.2) is 0 Å². The first-order chi connectivity index (χ1) is 8.42. The van der Waals surface area contributed by atoms with Crippen LogP contribution in [0.5, 0.6) is 0 Å². The van der Waals surface area contributed by atoms with Crippen LogP contribution in [-0.2, 0) is 0 Å². The number of halogens is 1. The van der Waals surface area contributed by atoms with E-state index in [9.17, 15) is 4.79 Å². The molecule has 0 fully saturated rings. The van der Waals surface area contributed by atoms with Crippen molar-refractivity contribution in [3.05, 3.63) is 34.3 Å². The molecule has 0 aliphatic carbocycles. The summed E-state index contributed by atoms with van der Waals surface area (Å²) in [7, 11) is 0. The van der Waals surface area contributed by atoms with Gasteiger partial charge in [0.25, 0.3) is 5.91 Å². The van der Waals surface area contributed by atoms with Crippen molar-refractivity contribution in [3.63, 3.8) is 0 Å². The maximum absolute atomic E-state index is 12.1. The van der Waals surface area contributed by atoms with Crippen molar-refractivity contribution in [3.8, 4) is 0 Å². The van der Waals surface area contributed by atoms with E-state index in [-0.39, 0.29) is 11.9 Å². The van der Waals surface area contributed by atoms with Crippen molar-refractivity contribution < 1.29 is 4.79 Å². The van der Waals surface area contributed by atoms with Gasteiger partial charge in [0.15, 0.2) is 0 Å². The lowest BCUT2D eigenvalue weighted by Gasteiger charge is -2.19. The maximum atomic E-state index is 12.1. The fourth-order valence-electron chi connectivity index (χ4n) is 1.92. The van der Waals surface area contributed by atoms with Crippen molar-refractivity contribution >= 4 is 17.5 Å². The fourth-order valence-corrected chi connectivity index (χ4v) is 2.21. The Hall–Kier alpha value is -1.06. The fraction of sp³-hybridized carbons (Fsp3) is 0.500. The average Bonchev–Trinajstić information content (AvgIpc) is 2.26. The van der Waals surface area contributed by atoms with Gasteiger partial charge in [0.2, 0.25) is 0 Å². The number of aryl methyl sites for hydroxylation is 1. The minimum Gasteiger partial charge on any atom is -0.348 e. The summed E-state index contributed by atoms with van der Waals surface area (Å²) in [6.07, 6.45) is 0.877. The molecule has 0 aliphatic rings. The Balaban J connectivity index is 2.74. The molecule has 3 N–H and O–H groups in total. The Labute approximate surface area is 114 Å². The first kappa shape index (κ1) is 15.0. The number of benzene rings is 1. The van der Waals surface area contributed by atoms with Crippen LogP contribution in [0.3, 0.4) is 0 Å². The van der Waals surface area contributed by atoms with Gasteiger partial charge in [0.1, 0.15) is 0 Å². The lowest BCUT2D eigenvalue weighted by Crippen LogP contribution is -2.41. The van der Waals surface area contributed by atoms with Crippen LogP contribution in [-0.4, -0.2) is 18.5 Å². The van der Waals surface area contributed by atoms with Crippen molar-refractivity contribution in [2.24, 2.45) is 11.7 Å². The molecule has 4 heteroatoms. The third kappa shape index (κ3) is 4.67. The van der Waals surface area contributed by atoms with Crippen molar-refractivity contribution in [1.82, 2.24) is 5.32 Å². The van der Waals surface area contributed by atoms with Gasteiger partial charge in [-0.15, -0.1) is 0 Å². The van der Waals surface area contributed by atoms with E-state index in [0.29, 0.717) is 23.0 Å². The van der Waals surface area contributed by atoms with E-state index >= 15 is 0 Å². The normalized spacial score (nSPS) is 12.6. The average molecular weight is 269 g/mol. The van der Waals surface area contributed by atoms with Crippen LogP contribution in [0, 0.1) is 12.8 Å². The molecule has 1 atom stereocenters. The molecule has 0 radical (unpaired) electrons. The summed E-state index contributed by atoms with van der Waals surface area (Å²) in [5, 5.41) is 3.52. The predicted molar refractivity (Wildman–Crippen MR) is 76.0 cm³/mol. The third-order valence-electron chi connectivity index (χ3n) is 2.68. The van der Waals surface area contributed by atoms with Crippen molar-refractivity contribution in [1.29, 1.82) is 0 Å². The molecule has 100 valence electrons. The van der Waals surface area contributed by atoms with Gasteiger partial charge in [-0.3, -0.25) is 4.79 Å². The zero-order chi connectivity index (χ0) is 13.7. The SMILES string of the molecule is Cc1cc(Cl)cc(C(=O)NC(CN)CC(C)C)c1. The van der Waals surface area contributed by atoms with Crippen LogP contribution >= 0.6 is 11.6 Å². The Kier molecular flexibility index (Phi) is 5.63. The van der Waals surface area contributed by atoms with Gasteiger partial charge in [-0.2, -0.15) is 0 Å². The molecule has 0 aliphatic heterocycles. The summed E-state index contributed by atoms with van der Waals surface area (Å²) in [4.78, 5) is 12.1. The minimum absolute atomic E-state index is 0.0109. The Morgan fingerprint density at radius 2 is 2.06 bits per heavy atom. The molecule has 0 bridgehead atoms. The highest BCUT2D eigenvalue weighted by Crippen LogP contribution is 2.15. The monoisotopic (exact) mass is 268 g/mol. The summed E-state index contributed by atoms with van der Waals surface area (Å²) in [5.74, 6) is 0.386. The summed E-state index contributed by atoms with van der Waals surface area (Å²) >= 11 is 5.94. The first-order valence-electron chi connectivity index (χ1n) is 6.20. The predicted octanol–water partition coefficient (Wildman–Crippen LogP) is 2.75. The summed E-state index contributed by atoms with van der Waals surface area (Å²) < 4.78 is 0. The van der Waals surface area contributed by atoms with E-state index in [1.807, 2.05) is 19.1 Å². The number of hydrogen-bond acceptors (Lipinski definition) is 2. The van der Waals surface area contributed by atoms with Gasteiger partial charge < -0.3 is 11.1 Å². The van der Waals surface area contributed by atoms with Crippen LogP contribution in [0.15, 0.2) is 18.2 Å². The molecule has 1 amide bonds. The number of carbonyl (C=O) groups excluding carboxylic acids is 1. The van der Waals surface area contributed by atoms with Crippen LogP contribution in [0.2, 0.25) is 5.02 Å². The molecule has 1 aromatic carbocycles. The Morgan fingerprint density at radius 1 is 1.39 bits per heavy atom. The molecule has 0 saturated carbocycles. The molecule has 1 aromatic rings. The minimum atomic E-state index is -0.114. The van der Waals surface area contributed by atoms with E-state index < -0.39 is 0 Å². The molecular weight excluding hydrogens is 248 g/mol. The number of hydrogen-bond donors (Lipinski definition) is 2. The van der Waals surface area contributed by atoms with E-state index in [0.717, 1.165) is 12.0 Å². The highest BCUT2D eigenvalue weighted by molar-refractivity contribution is 6.31. The second kappa shape index (κ2) is 6.76. The van der Waals surface area contributed by atoms with Crippen molar-refractivity contribution in [2.45, 2.75) is 33.2 Å². The molecular formula is C14H21ClN2O. The van der Waals surface area contributed by atoms with Crippen LogP contribution in [0.25, 0.3) is 0 Å². The number of rotatable bonds is 5. The number of amides is 1. The second-order valence-corrected chi connectivity index (χ2v) is 5.49. The molecule has 18 heavy (non-hydrogen) atoms. The van der Waals surface area contributed by atoms with E-state index in [1.165, 1.54) is 0 Å². The zero-order valence-corrected chi connectivity index (χ0v) is 11.9. The van der Waals surface area contributed by atoms with Gasteiger partial charge >= 0.3 is 0 Å². The number of carbonyl (C=O) groups is 1. The largest absolute Gasteiger partial charge is 0.348 e. The number of nitrogens with two attached hydrogens (primary N) is 1. The molecule has 1 rings (SSSR count). The first-order valence-corrected chi connectivity index (χ1v) is 6.58. The lowest BCUT2D eigenvalue weighted by molar-refractivity contribution is 0.0933. The summed E-state index contributed by atoms with van der Waals surface area (Å²) in [5.41, 5.74) is 7.22. The van der Waals surface area contributed by atoms with Crippen LogP contribution < -0.4 is 11.1 Å². The number of nitrogens with one attached hydrogen (secondary N) is 1. The highest BCUT2D eigenvalue weighted by Gasteiger charge is 2.14. The lowest BCUT2D eigenvalue weighted by atomic mass is 10.0. The highest BCUT2D eigenvalue weighted by atomic mass is 35.5. The third-order valence-corrected chi connectivity index (χ3v) is 2.90. The quantitative estimate of drug-likeness (QED) is 0.863. The second-order valence-electron chi connectivity index (χ2n) is 5.05. The molecule has 0 heterocycles. The van der Waals surface area contributed by atoms with Crippen LogP contribution in [0.4, 0.5) is 0 Å². The molecule has 3 nitrogen and oxygen atoms in total. The van der Waals surface area contributed by atoms with E-state index in [2.05, 4.69) is 19.2 Å². The van der Waals surface area contributed by atoms with E-state index in [4.69, 9.17) is 17.3 Å².